The molecule has 7 nitrogen and oxygen atoms in total. The van der Waals surface area contributed by atoms with E-state index in [0.29, 0.717) is 40.5 Å². The van der Waals surface area contributed by atoms with Gasteiger partial charge in [0.15, 0.2) is 6.10 Å². The quantitative estimate of drug-likeness (QED) is 0.466. The topological polar surface area (TPSA) is 94.6 Å². The van der Waals surface area contributed by atoms with Crippen molar-refractivity contribution in [2.45, 2.75) is 18.6 Å². The Balaban J connectivity index is 1.41. The van der Waals surface area contributed by atoms with E-state index in [0.717, 1.165) is 0 Å². The number of aliphatic hydroxyl groups excluding tert-OH is 1. The lowest BCUT2D eigenvalue weighted by Gasteiger charge is -2.20. The number of aliphatic hydroxyl groups is 1. The first-order valence-electron chi connectivity index (χ1n) is 10.5. The van der Waals surface area contributed by atoms with Crippen molar-refractivity contribution >= 4 is 46.4 Å². The van der Waals surface area contributed by atoms with Crippen LogP contribution in [0.2, 0.25) is 10.0 Å². The molecule has 2 amide bonds. The summed E-state index contributed by atoms with van der Waals surface area (Å²) in [6.07, 6.45) is 2.07. The van der Waals surface area contributed by atoms with Crippen LogP contribution in [0.4, 0.5) is 15.8 Å². The van der Waals surface area contributed by atoms with Gasteiger partial charge in [-0.05, 0) is 36.8 Å². The number of carbonyl (C=O) groups excluding carboxylic acids is 2. The Morgan fingerprint density at radius 1 is 1.15 bits per heavy atom. The summed E-state index contributed by atoms with van der Waals surface area (Å²) in [5.74, 6) is -1.44. The molecular formula is C24H21Cl2FN4O3. The van der Waals surface area contributed by atoms with Gasteiger partial charge in [-0.3, -0.25) is 14.6 Å². The molecule has 3 N–H and O–H groups in total. The fourth-order valence-corrected chi connectivity index (χ4v) is 4.11. The molecule has 1 aromatic heterocycles. The molecule has 176 valence electrons. The standard InChI is InChI=1S/C24H21Cl2FN4O3/c25-18-4-2-1-3-16(18)22(32)23(33)30-15-8-10-31(13-15)24(34)17-12-28-9-7-21(17)29-14-5-6-19(26)20(27)11-14/h1-7,9,11-12,15,22,32H,8,10,13H2,(H,28,29)(H,30,33)/t15-,22+/m1/s1. The number of hydrogen-bond donors (Lipinski definition) is 3. The molecule has 0 aliphatic carbocycles. The average molecular weight is 503 g/mol. The smallest absolute Gasteiger partial charge is 0.257 e. The van der Waals surface area contributed by atoms with Gasteiger partial charge in [0.05, 0.1) is 16.3 Å². The van der Waals surface area contributed by atoms with E-state index in [2.05, 4.69) is 15.6 Å². The normalized spacial score (nSPS) is 16.2. The summed E-state index contributed by atoms with van der Waals surface area (Å²) in [6, 6.07) is 12.1. The zero-order valence-electron chi connectivity index (χ0n) is 17.8. The summed E-state index contributed by atoms with van der Waals surface area (Å²) in [6.45, 7) is 0.680. The number of amides is 2. The molecule has 0 saturated carbocycles. The zero-order valence-corrected chi connectivity index (χ0v) is 19.4. The summed E-state index contributed by atoms with van der Waals surface area (Å²) >= 11 is 11.8. The summed E-state index contributed by atoms with van der Waals surface area (Å²) in [7, 11) is 0. The minimum absolute atomic E-state index is 0.00129. The summed E-state index contributed by atoms with van der Waals surface area (Å²) in [4.78, 5) is 31.3. The number of benzene rings is 2. The highest BCUT2D eigenvalue weighted by Crippen LogP contribution is 2.26. The third-order valence-corrected chi connectivity index (χ3v) is 6.17. The number of likely N-dealkylation sites (tertiary alicyclic amines) is 1. The Bertz CT molecular complexity index is 1230. The van der Waals surface area contributed by atoms with Crippen molar-refractivity contribution in [3.8, 4) is 0 Å². The van der Waals surface area contributed by atoms with Crippen LogP contribution < -0.4 is 10.6 Å². The van der Waals surface area contributed by atoms with Gasteiger partial charge in [0.25, 0.3) is 11.8 Å². The molecule has 10 heteroatoms. The van der Waals surface area contributed by atoms with Crippen LogP contribution in [-0.4, -0.2) is 45.9 Å². The number of rotatable bonds is 6. The number of anilines is 2. The van der Waals surface area contributed by atoms with E-state index in [9.17, 15) is 19.1 Å². The fraction of sp³-hybridized carbons (Fsp3) is 0.208. The molecule has 2 aromatic carbocycles. The number of carbonyl (C=O) groups is 2. The number of aromatic nitrogens is 1. The molecule has 0 radical (unpaired) electrons. The van der Waals surface area contributed by atoms with Crippen molar-refractivity contribution in [1.82, 2.24) is 15.2 Å². The maximum absolute atomic E-state index is 13.8. The first-order valence-corrected chi connectivity index (χ1v) is 11.3. The van der Waals surface area contributed by atoms with Crippen molar-refractivity contribution in [3.63, 3.8) is 0 Å². The van der Waals surface area contributed by atoms with Gasteiger partial charge in [-0.25, -0.2) is 4.39 Å². The maximum atomic E-state index is 13.8. The third-order valence-electron chi connectivity index (χ3n) is 5.52. The number of halogens is 3. The van der Waals surface area contributed by atoms with Gasteiger partial charge in [0, 0.05) is 47.8 Å². The fourth-order valence-electron chi connectivity index (χ4n) is 3.75. The highest BCUT2D eigenvalue weighted by molar-refractivity contribution is 6.31. The number of nitrogens with zero attached hydrogens (tertiary/aromatic N) is 2. The van der Waals surface area contributed by atoms with Crippen LogP contribution in [0.1, 0.15) is 28.4 Å². The van der Waals surface area contributed by atoms with Crippen LogP contribution in [0.15, 0.2) is 60.9 Å². The molecule has 34 heavy (non-hydrogen) atoms. The van der Waals surface area contributed by atoms with E-state index in [1.165, 1.54) is 24.5 Å². The minimum Gasteiger partial charge on any atom is -0.378 e. The van der Waals surface area contributed by atoms with Gasteiger partial charge in [0.1, 0.15) is 5.82 Å². The molecule has 2 heterocycles. The van der Waals surface area contributed by atoms with E-state index in [-0.39, 0.29) is 23.5 Å². The molecule has 0 spiro atoms. The Kier molecular flexibility index (Phi) is 7.31. The van der Waals surface area contributed by atoms with Gasteiger partial charge < -0.3 is 20.6 Å². The van der Waals surface area contributed by atoms with Crippen molar-refractivity contribution in [2.24, 2.45) is 0 Å². The highest BCUT2D eigenvalue weighted by Gasteiger charge is 2.31. The van der Waals surface area contributed by atoms with Crippen LogP contribution in [0.5, 0.6) is 0 Å². The lowest BCUT2D eigenvalue weighted by Crippen LogP contribution is -2.40. The largest absolute Gasteiger partial charge is 0.378 e. The molecule has 0 unspecified atom stereocenters. The molecule has 1 saturated heterocycles. The second-order valence-electron chi connectivity index (χ2n) is 7.84. The molecule has 2 atom stereocenters. The molecule has 3 aromatic rings. The average Bonchev–Trinajstić information content (AvgIpc) is 3.29. The van der Waals surface area contributed by atoms with Crippen LogP contribution in [-0.2, 0) is 4.79 Å². The first-order chi connectivity index (χ1) is 16.3. The lowest BCUT2D eigenvalue weighted by molar-refractivity contribution is -0.130. The van der Waals surface area contributed by atoms with Crippen LogP contribution >= 0.6 is 23.2 Å². The Hall–Kier alpha value is -3.20. The van der Waals surface area contributed by atoms with Crippen LogP contribution in [0.3, 0.4) is 0 Å². The van der Waals surface area contributed by atoms with Gasteiger partial charge >= 0.3 is 0 Å². The monoisotopic (exact) mass is 502 g/mol. The Morgan fingerprint density at radius 2 is 1.94 bits per heavy atom. The van der Waals surface area contributed by atoms with E-state index < -0.39 is 17.8 Å². The Morgan fingerprint density at radius 3 is 2.71 bits per heavy atom. The lowest BCUT2D eigenvalue weighted by atomic mass is 10.1. The predicted molar refractivity (Wildman–Crippen MR) is 128 cm³/mol. The highest BCUT2D eigenvalue weighted by atomic mass is 35.5. The second-order valence-corrected chi connectivity index (χ2v) is 8.66. The third kappa shape index (κ3) is 5.30. The van der Waals surface area contributed by atoms with Crippen molar-refractivity contribution in [1.29, 1.82) is 0 Å². The van der Waals surface area contributed by atoms with Gasteiger partial charge in [0.2, 0.25) is 0 Å². The van der Waals surface area contributed by atoms with Crippen LogP contribution in [0.25, 0.3) is 0 Å². The number of pyridine rings is 1. The molecule has 1 aliphatic heterocycles. The van der Waals surface area contributed by atoms with E-state index in [4.69, 9.17) is 23.2 Å². The van der Waals surface area contributed by atoms with Crippen molar-refractivity contribution in [3.05, 3.63) is 87.9 Å². The molecule has 0 bridgehead atoms. The first kappa shape index (κ1) is 23.9. The zero-order chi connectivity index (χ0) is 24.2. The molecule has 1 fully saturated rings. The second kappa shape index (κ2) is 10.4. The van der Waals surface area contributed by atoms with Gasteiger partial charge in [-0.15, -0.1) is 0 Å². The number of nitrogens with one attached hydrogen (secondary N) is 2. The van der Waals surface area contributed by atoms with E-state index in [1.807, 2.05) is 0 Å². The van der Waals surface area contributed by atoms with Crippen molar-refractivity contribution in [2.75, 3.05) is 18.4 Å². The molecular weight excluding hydrogens is 482 g/mol. The molecule has 1 aliphatic rings. The molecule has 4 rings (SSSR count). The number of hydrogen-bond acceptors (Lipinski definition) is 5. The van der Waals surface area contributed by atoms with Crippen LogP contribution in [0, 0.1) is 5.82 Å². The minimum atomic E-state index is -1.41. The summed E-state index contributed by atoms with van der Waals surface area (Å²) in [5.41, 5.74) is 1.52. The van der Waals surface area contributed by atoms with Gasteiger partial charge in [-0.1, -0.05) is 41.4 Å². The Labute approximate surface area is 205 Å². The predicted octanol–water partition coefficient (Wildman–Crippen LogP) is 4.34. The summed E-state index contributed by atoms with van der Waals surface area (Å²) < 4.78 is 13.8. The summed E-state index contributed by atoms with van der Waals surface area (Å²) in [5, 5.41) is 16.5. The van der Waals surface area contributed by atoms with E-state index >= 15 is 0 Å². The van der Waals surface area contributed by atoms with Gasteiger partial charge in [-0.2, -0.15) is 0 Å². The van der Waals surface area contributed by atoms with Crippen molar-refractivity contribution < 1.29 is 19.1 Å². The maximum Gasteiger partial charge on any atom is 0.257 e. The SMILES string of the molecule is O=C(N[C@@H]1CCN(C(=O)c2cnccc2Nc2ccc(Cl)c(F)c2)C1)[C@@H](O)c1ccccc1Cl. The van der Waals surface area contributed by atoms with E-state index in [1.54, 1.807) is 41.3 Å².